The number of ether oxygens (including phenoxy) is 2. The molecule has 2 saturated heterocycles. The summed E-state index contributed by atoms with van der Waals surface area (Å²) in [6.45, 7) is 3.35. The highest BCUT2D eigenvalue weighted by Crippen LogP contribution is 2.42. The fourth-order valence-corrected chi connectivity index (χ4v) is 5.43. The van der Waals surface area contributed by atoms with E-state index >= 15 is 0 Å². The van der Waals surface area contributed by atoms with Crippen LogP contribution >= 0.6 is 0 Å². The van der Waals surface area contributed by atoms with Crippen molar-refractivity contribution < 1.29 is 19.4 Å². The van der Waals surface area contributed by atoms with Gasteiger partial charge in [0.25, 0.3) is 5.91 Å². The smallest absolute Gasteiger partial charge is 0.254 e. The van der Waals surface area contributed by atoms with Gasteiger partial charge in [0.05, 0.1) is 13.2 Å². The van der Waals surface area contributed by atoms with Gasteiger partial charge in [-0.05, 0) is 69.4 Å². The fraction of sp³-hybridized carbons (Fsp3) is 0.464. The molecule has 2 aromatic rings. The van der Waals surface area contributed by atoms with Crippen molar-refractivity contribution in [1.29, 1.82) is 0 Å². The van der Waals surface area contributed by atoms with Crippen LogP contribution in [0.25, 0.3) is 0 Å². The Hall–Kier alpha value is -3.05. The third-order valence-electron chi connectivity index (χ3n) is 7.20. The van der Waals surface area contributed by atoms with Crippen LogP contribution in [-0.4, -0.2) is 91.5 Å². The number of aliphatic hydroxyl groups excluding tert-OH is 1. The second-order valence-corrected chi connectivity index (χ2v) is 9.77. The molecule has 35 heavy (non-hydrogen) atoms. The van der Waals surface area contributed by atoms with E-state index in [1.807, 2.05) is 36.0 Å². The van der Waals surface area contributed by atoms with Gasteiger partial charge in [-0.25, -0.2) is 0 Å². The van der Waals surface area contributed by atoms with Crippen molar-refractivity contribution in [3.63, 3.8) is 0 Å². The van der Waals surface area contributed by atoms with Gasteiger partial charge in [-0.3, -0.25) is 14.6 Å². The van der Waals surface area contributed by atoms with Crippen LogP contribution in [0.1, 0.15) is 40.2 Å². The van der Waals surface area contributed by atoms with E-state index in [9.17, 15) is 9.90 Å². The molecule has 3 atom stereocenters. The second-order valence-electron chi connectivity index (χ2n) is 9.77. The van der Waals surface area contributed by atoms with E-state index in [0.717, 1.165) is 38.0 Å². The van der Waals surface area contributed by atoms with E-state index in [2.05, 4.69) is 41.0 Å². The van der Waals surface area contributed by atoms with E-state index in [4.69, 9.17) is 9.47 Å². The maximum absolute atomic E-state index is 13.5. The summed E-state index contributed by atoms with van der Waals surface area (Å²) in [6, 6.07) is 14.1. The number of amides is 1. The highest BCUT2D eigenvalue weighted by atomic mass is 16.7. The van der Waals surface area contributed by atoms with Crippen molar-refractivity contribution in [2.24, 2.45) is 0 Å². The first-order valence-electron chi connectivity index (χ1n) is 12.3. The number of aliphatic hydroxyl groups is 1. The van der Waals surface area contributed by atoms with Crippen molar-refractivity contribution in [2.45, 2.75) is 30.8 Å². The molecule has 3 aliphatic rings. The number of nitrogens with zero attached hydrogens (tertiary/aromatic N) is 3. The molecule has 3 heterocycles. The SMILES string of the molecule is CN(C)CC#Cc1ccc([C@H]2[C@H]3CN(C(=O)c4ccc5c(c4)OCO5)CCCCN3[C@H]2CO)cc1. The third kappa shape index (κ3) is 4.87. The zero-order valence-corrected chi connectivity index (χ0v) is 20.4. The molecule has 0 aromatic heterocycles. The van der Waals surface area contributed by atoms with Gasteiger partial charge in [-0.1, -0.05) is 24.0 Å². The highest BCUT2D eigenvalue weighted by molar-refractivity contribution is 5.95. The Labute approximate surface area is 207 Å². The van der Waals surface area contributed by atoms with Gasteiger partial charge in [-0.15, -0.1) is 0 Å². The van der Waals surface area contributed by atoms with Crippen LogP contribution in [0.2, 0.25) is 0 Å². The van der Waals surface area contributed by atoms with E-state index in [1.165, 1.54) is 5.56 Å². The molecule has 1 N–H and O–H groups in total. The number of rotatable bonds is 4. The van der Waals surface area contributed by atoms with E-state index < -0.39 is 0 Å². The molecule has 0 bridgehead atoms. The summed E-state index contributed by atoms with van der Waals surface area (Å²) >= 11 is 0. The predicted molar refractivity (Wildman–Crippen MR) is 134 cm³/mol. The van der Waals surface area contributed by atoms with Crippen LogP contribution in [0.5, 0.6) is 11.5 Å². The fourth-order valence-electron chi connectivity index (χ4n) is 5.43. The molecular weight excluding hydrogens is 442 g/mol. The molecule has 0 unspecified atom stereocenters. The molecule has 0 radical (unpaired) electrons. The lowest BCUT2D eigenvalue weighted by Gasteiger charge is -2.57. The van der Waals surface area contributed by atoms with Gasteiger partial charge in [0.2, 0.25) is 6.79 Å². The number of carbonyl (C=O) groups is 1. The first-order chi connectivity index (χ1) is 17.0. The molecule has 3 aliphatic heterocycles. The van der Waals surface area contributed by atoms with Crippen LogP contribution < -0.4 is 9.47 Å². The average Bonchev–Trinajstić information content (AvgIpc) is 3.31. The van der Waals surface area contributed by atoms with Crippen molar-refractivity contribution in [2.75, 3.05) is 53.7 Å². The Morgan fingerprint density at radius 3 is 2.63 bits per heavy atom. The molecule has 5 rings (SSSR count). The predicted octanol–water partition coefficient (Wildman–Crippen LogP) is 2.39. The molecule has 7 nitrogen and oxygen atoms in total. The lowest BCUT2D eigenvalue weighted by atomic mass is 9.74. The highest BCUT2D eigenvalue weighted by Gasteiger charge is 2.49. The van der Waals surface area contributed by atoms with Gasteiger partial charge in [0, 0.05) is 42.2 Å². The number of carbonyl (C=O) groups excluding carboxylic acids is 1. The number of hydrogen-bond donors (Lipinski definition) is 1. The molecule has 7 heteroatoms. The standard InChI is InChI=1S/C28H33N3O4/c1-29(2)13-5-6-20-7-9-21(10-8-20)27-23-17-30(14-3-4-15-31(23)24(27)18-32)28(33)22-11-12-25-26(16-22)35-19-34-25/h7-12,16,23-24,27,32H,3-4,13-15,17-19H2,1-2H3/t23-,24+,27+/m1/s1. The van der Waals surface area contributed by atoms with Gasteiger partial charge < -0.3 is 19.5 Å². The van der Waals surface area contributed by atoms with E-state index in [-0.39, 0.29) is 37.3 Å². The Kier molecular flexibility index (Phi) is 6.96. The monoisotopic (exact) mass is 475 g/mol. The summed E-state index contributed by atoms with van der Waals surface area (Å²) in [4.78, 5) is 19.9. The minimum absolute atomic E-state index is 0.0165. The van der Waals surface area contributed by atoms with Gasteiger partial charge >= 0.3 is 0 Å². The Balaban J connectivity index is 1.34. The minimum atomic E-state index is 0.0165. The molecule has 2 fully saturated rings. The summed E-state index contributed by atoms with van der Waals surface area (Å²) in [5, 5.41) is 10.2. The largest absolute Gasteiger partial charge is 0.454 e. The van der Waals surface area contributed by atoms with Crippen LogP contribution in [0.3, 0.4) is 0 Å². The summed E-state index contributed by atoms with van der Waals surface area (Å²) in [7, 11) is 4.01. The third-order valence-corrected chi connectivity index (χ3v) is 7.20. The molecule has 1 amide bonds. The molecular formula is C28H33N3O4. The topological polar surface area (TPSA) is 65.5 Å². The van der Waals surface area contributed by atoms with Crippen LogP contribution in [0.15, 0.2) is 42.5 Å². The summed E-state index contributed by atoms with van der Waals surface area (Å²) in [5.74, 6) is 7.88. The minimum Gasteiger partial charge on any atom is -0.454 e. The van der Waals surface area contributed by atoms with Crippen LogP contribution in [0, 0.1) is 11.8 Å². The van der Waals surface area contributed by atoms with Crippen molar-refractivity contribution >= 4 is 5.91 Å². The van der Waals surface area contributed by atoms with Gasteiger partial charge in [-0.2, -0.15) is 0 Å². The van der Waals surface area contributed by atoms with Gasteiger partial charge in [0.15, 0.2) is 11.5 Å². The van der Waals surface area contributed by atoms with E-state index in [0.29, 0.717) is 23.6 Å². The van der Waals surface area contributed by atoms with Crippen LogP contribution in [-0.2, 0) is 0 Å². The van der Waals surface area contributed by atoms with Crippen molar-refractivity contribution in [1.82, 2.24) is 14.7 Å². The Morgan fingerprint density at radius 2 is 1.86 bits per heavy atom. The number of fused-ring (bicyclic) bond motifs is 2. The summed E-state index contributed by atoms with van der Waals surface area (Å²) in [6.07, 6.45) is 1.95. The first kappa shape index (κ1) is 23.7. The second kappa shape index (κ2) is 10.3. The first-order valence-corrected chi connectivity index (χ1v) is 12.3. The molecule has 0 saturated carbocycles. The average molecular weight is 476 g/mol. The van der Waals surface area contributed by atoms with Crippen LogP contribution in [0.4, 0.5) is 0 Å². The lowest BCUT2D eigenvalue weighted by molar-refractivity contribution is -0.0606. The van der Waals surface area contributed by atoms with Crippen molar-refractivity contribution in [3.05, 3.63) is 59.2 Å². The Morgan fingerprint density at radius 1 is 1.09 bits per heavy atom. The quantitative estimate of drug-likeness (QED) is 0.686. The maximum Gasteiger partial charge on any atom is 0.254 e. The van der Waals surface area contributed by atoms with E-state index in [1.54, 1.807) is 6.07 Å². The molecule has 2 aromatic carbocycles. The zero-order chi connectivity index (χ0) is 24.4. The maximum atomic E-state index is 13.5. The number of hydrogen-bond acceptors (Lipinski definition) is 6. The number of benzene rings is 2. The summed E-state index contributed by atoms with van der Waals surface area (Å²) < 4.78 is 10.9. The Bertz CT molecular complexity index is 1120. The molecule has 0 aliphatic carbocycles. The van der Waals surface area contributed by atoms with Crippen molar-refractivity contribution in [3.8, 4) is 23.3 Å². The summed E-state index contributed by atoms with van der Waals surface area (Å²) in [5.41, 5.74) is 2.81. The molecule has 184 valence electrons. The molecule has 0 spiro atoms. The van der Waals surface area contributed by atoms with Gasteiger partial charge in [0.1, 0.15) is 0 Å². The lowest BCUT2D eigenvalue weighted by Crippen LogP contribution is -2.67. The zero-order valence-electron chi connectivity index (χ0n) is 20.4. The normalized spacial score (nSPS) is 23.5.